The lowest BCUT2D eigenvalue weighted by Crippen LogP contribution is -2.10. The molecule has 0 saturated heterocycles. The molecule has 0 amide bonds. The number of rotatable bonds is 6. The van der Waals surface area contributed by atoms with E-state index in [0.717, 1.165) is 17.6 Å². The minimum Gasteiger partial charge on any atom is -0.490 e. The van der Waals surface area contributed by atoms with E-state index in [1.165, 1.54) is 0 Å². The first-order chi connectivity index (χ1) is 9.31. The van der Waals surface area contributed by atoms with E-state index in [1.54, 1.807) is 6.07 Å². The molecule has 3 heteroatoms. The van der Waals surface area contributed by atoms with Gasteiger partial charge in [0.1, 0.15) is 24.7 Å². The molecule has 2 rings (SSSR count). The van der Waals surface area contributed by atoms with Crippen LogP contribution < -0.4 is 9.47 Å². The lowest BCUT2D eigenvalue weighted by Gasteiger charge is -2.11. The Bertz CT molecular complexity index is 535. The van der Waals surface area contributed by atoms with Crippen LogP contribution in [0.3, 0.4) is 0 Å². The van der Waals surface area contributed by atoms with Gasteiger partial charge in [0.2, 0.25) is 0 Å². The minimum absolute atomic E-state index is 0.403. The monoisotopic (exact) mass is 256 g/mol. The molecule has 0 bridgehead atoms. The normalized spacial score (nSPS) is 9.95. The first-order valence-electron chi connectivity index (χ1n) is 6.16. The molecule has 0 radical (unpaired) electrons. The number of para-hydroxylation sites is 2. The quantitative estimate of drug-likeness (QED) is 0.588. The molecule has 0 N–H and O–H groups in total. The molecule has 0 aliphatic rings. The van der Waals surface area contributed by atoms with E-state index in [1.807, 2.05) is 49.4 Å². The van der Waals surface area contributed by atoms with Crippen molar-refractivity contribution in [3.63, 3.8) is 0 Å². The maximum absolute atomic E-state index is 10.9. The number of aryl methyl sites for hydroxylation is 1. The van der Waals surface area contributed by atoms with Crippen LogP contribution in [-0.4, -0.2) is 19.5 Å². The molecule has 0 saturated carbocycles. The van der Waals surface area contributed by atoms with Crippen molar-refractivity contribution in [3.05, 3.63) is 59.7 Å². The van der Waals surface area contributed by atoms with Crippen LogP contribution in [0.25, 0.3) is 0 Å². The first-order valence-corrected chi connectivity index (χ1v) is 6.16. The van der Waals surface area contributed by atoms with E-state index < -0.39 is 0 Å². The molecular formula is C16H16O3. The maximum Gasteiger partial charge on any atom is 0.153 e. The van der Waals surface area contributed by atoms with Gasteiger partial charge in [-0.15, -0.1) is 0 Å². The SMILES string of the molecule is Cc1cccc(C=O)c1OCCOc1ccccc1. The van der Waals surface area contributed by atoms with Gasteiger partial charge in [0.15, 0.2) is 6.29 Å². The van der Waals surface area contributed by atoms with Gasteiger partial charge >= 0.3 is 0 Å². The van der Waals surface area contributed by atoms with Crippen LogP contribution in [0.4, 0.5) is 0 Å². The summed E-state index contributed by atoms with van der Waals surface area (Å²) in [4.78, 5) is 10.9. The number of carbonyl (C=O) groups excluding carboxylic acids is 1. The highest BCUT2D eigenvalue weighted by Gasteiger charge is 2.05. The fourth-order valence-corrected chi connectivity index (χ4v) is 1.79. The summed E-state index contributed by atoms with van der Waals surface area (Å²) in [6.07, 6.45) is 0.806. The van der Waals surface area contributed by atoms with Crippen LogP contribution in [-0.2, 0) is 0 Å². The number of carbonyl (C=O) groups is 1. The Kier molecular flexibility index (Phi) is 4.56. The number of ether oxygens (including phenoxy) is 2. The fraction of sp³-hybridized carbons (Fsp3) is 0.188. The molecule has 0 fully saturated rings. The van der Waals surface area contributed by atoms with E-state index in [4.69, 9.17) is 9.47 Å². The summed E-state index contributed by atoms with van der Waals surface area (Å²) >= 11 is 0. The van der Waals surface area contributed by atoms with Crippen molar-refractivity contribution in [1.82, 2.24) is 0 Å². The zero-order valence-electron chi connectivity index (χ0n) is 10.8. The van der Waals surface area contributed by atoms with Gasteiger partial charge in [0.05, 0.1) is 5.56 Å². The van der Waals surface area contributed by atoms with E-state index in [0.29, 0.717) is 24.5 Å². The molecule has 0 aromatic heterocycles. The van der Waals surface area contributed by atoms with E-state index in [9.17, 15) is 4.79 Å². The molecular weight excluding hydrogens is 240 g/mol. The highest BCUT2D eigenvalue weighted by atomic mass is 16.5. The fourth-order valence-electron chi connectivity index (χ4n) is 1.79. The molecule has 0 heterocycles. The van der Waals surface area contributed by atoms with Crippen molar-refractivity contribution in [2.75, 3.05) is 13.2 Å². The smallest absolute Gasteiger partial charge is 0.153 e. The Morgan fingerprint density at radius 2 is 1.68 bits per heavy atom. The van der Waals surface area contributed by atoms with Crippen LogP contribution in [0, 0.1) is 6.92 Å². The van der Waals surface area contributed by atoms with Crippen LogP contribution >= 0.6 is 0 Å². The van der Waals surface area contributed by atoms with Gasteiger partial charge in [0, 0.05) is 0 Å². The Morgan fingerprint density at radius 3 is 2.42 bits per heavy atom. The van der Waals surface area contributed by atoms with Crippen LogP contribution in [0.1, 0.15) is 15.9 Å². The summed E-state index contributed by atoms with van der Waals surface area (Å²) in [5, 5.41) is 0. The van der Waals surface area contributed by atoms with E-state index in [2.05, 4.69) is 0 Å². The Hall–Kier alpha value is -2.29. The number of benzene rings is 2. The summed E-state index contributed by atoms with van der Waals surface area (Å²) in [7, 11) is 0. The summed E-state index contributed by atoms with van der Waals surface area (Å²) < 4.78 is 11.2. The second kappa shape index (κ2) is 6.59. The molecule has 2 aromatic carbocycles. The molecule has 0 atom stereocenters. The van der Waals surface area contributed by atoms with Gasteiger partial charge in [-0.2, -0.15) is 0 Å². The third-order valence-corrected chi connectivity index (χ3v) is 2.71. The molecule has 0 spiro atoms. The maximum atomic E-state index is 10.9. The molecule has 0 aliphatic carbocycles. The van der Waals surface area contributed by atoms with Crippen molar-refractivity contribution in [2.45, 2.75) is 6.92 Å². The highest BCUT2D eigenvalue weighted by molar-refractivity contribution is 5.80. The lowest BCUT2D eigenvalue weighted by molar-refractivity contribution is 0.111. The summed E-state index contributed by atoms with van der Waals surface area (Å²) in [5.41, 5.74) is 1.52. The number of hydrogen-bond acceptors (Lipinski definition) is 3. The second-order valence-corrected chi connectivity index (χ2v) is 4.12. The average Bonchev–Trinajstić information content (AvgIpc) is 2.46. The number of hydrogen-bond donors (Lipinski definition) is 0. The largest absolute Gasteiger partial charge is 0.490 e. The van der Waals surface area contributed by atoms with Gasteiger partial charge in [-0.05, 0) is 30.7 Å². The molecule has 2 aromatic rings. The van der Waals surface area contributed by atoms with Crippen molar-refractivity contribution >= 4 is 6.29 Å². The summed E-state index contributed by atoms with van der Waals surface area (Å²) in [6, 6.07) is 15.1. The summed E-state index contributed by atoms with van der Waals surface area (Å²) in [6.45, 7) is 2.76. The van der Waals surface area contributed by atoms with Crippen molar-refractivity contribution in [3.8, 4) is 11.5 Å². The van der Waals surface area contributed by atoms with Gasteiger partial charge < -0.3 is 9.47 Å². The third-order valence-electron chi connectivity index (χ3n) is 2.71. The zero-order valence-corrected chi connectivity index (χ0v) is 10.8. The predicted molar refractivity (Wildman–Crippen MR) is 74.0 cm³/mol. The van der Waals surface area contributed by atoms with Crippen LogP contribution in [0.15, 0.2) is 48.5 Å². The zero-order chi connectivity index (χ0) is 13.5. The average molecular weight is 256 g/mol. The van der Waals surface area contributed by atoms with Crippen molar-refractivity contribution in [2.24, 2.45) is 0 Å². The van der Waals surface area contributed by atoms with Crippen LogP contribution in [0.2, 0.25) is 0 Å². The first kappa shape index (κ1) is 13.1. The number of aldehydes is 1. The van der Waals surface area contributed by atoms with Gasteiger partial charge in [0.25, 0.3) is 0 Å². The van der Waals surface area contributed by atoms with Crippen LogP contribution in [0.5, 0.6) is 11.5 Å². The van der Waals surface area contributed by atoms with E-state index >= 15 is 0 Å². The molecule has 98 valence electrons. The van der Waals surface area contributed by atoms with Crippen molar-refractivity contribution < 1.29 is 14.3 Å². The molecule has 3 nitrogen and oxygen atoms in total. The molecule has 19 heavy (non-hydrogen) atoms. The van der Waals surface area contributed by atoms with Gasteiger partial charge in [-0.25, -0.2) is 0 Å². The van der Waals surface area contributed by atoms with Gasteiger partial charge in [-0.1, -0.05) is 30.3 Å². The topological polar surface area (TPSA) is 35.5 Å². The Labute approximate surface area is 112 Å². The highest BCUT2D eigenvalue weighted by Crippen LogP contribution is 2.21. The Balaban J connectivity index is 1.88. The third kappa shape index (κ3) is 3.58. The standard InChI is InChI=1S/C16H16O3/c1-13-6-5-7-14(12-17)16(13)19-11-10-18-15-8-3-2-4-9-15/h2-9,12H,10-11H2,1H3. The molecule has 0 aliphatic heterocycles. The van der Waals surface area contributed by atoms with Crippen molar-refractivity contribution in [1.29, 1.82) is 0 Å². The van der Waals surface area contributed by atoms with Gasteiger partial charge in [-0.3, -0.25) is 4.79 Å². The minimum atomic E-state index is 0.403. The second-order valence-electron chi connectivity index (χ2n) is 4.12. The lowest BCUT2D eigenvalue weighted by atomic mass is 10.1. The Morgan fingerprint density at radius 1 is 0.947 bits per heavy atom. The molecule has 0 unspecified atom stereocenters. The predicted octanol–water partition coefficient (Wildman–Crippen LogP) is 3.27. The summed E-state index contributed by atoms with van der Waals surface area (Å²) in [5.74, 6) is 1.45. The van der Waals surface area contributed by atoms with E-state index in [-0.39, 0.29) is 0 Å².